The number of carbonyl (C=O) groups excluding carboxylic acids is 1. The third-order valence-electron chi connectivity index (χ3n) is 5.25. The second kappa shape index (κ2) is 11.6. The molecule has 166 valence electrons. The van der Waals surface area contributed by atoms with Crippen LogP contribution in [0.25, 0.3) is 0 Å². The molecule has 0 atom stereocenters. The Balaban J connectivity index is 1.49. The van der Waals surface area contributed by atoms with E-state index in [-0.39, 0.29) is 5.91 Å². The summed E-state index contributed by atoms with van der Waals surface area (Å²) in [5.41, 5.74) is 1.04. The Kier molecular flexibility index (Phi) is 8.53. The molecule has 0 spiro atoms. The van der Waals surface area contributed by atoms with Crippen molar-refractivity contribution in [2.24, 2.45) is 4.99 Å². The minimum atomic E-state index is 0.147. The van der Waals surface area contributed by atoms with Crippen LogP contribution in [-0.4, -0.2) is 73.0 Å². The number of rotatable bonds is 7. The number of hydrogen-bond acceptors (Lipinski definition) is 4. The molecule has 0 aliphatic carbocycles. The molecular formula is C23H31ClN6O. The number of pyridine rings is 1. The number of carbonyl (C=O) groups is 1. The number of guanidine groups is 1. The summed E-state index contributed by atoms with van der Waals surface area (Å²) in [5.74, 6) is 1.89. The summed E-state index contributed by atoms with van der Waals surface area (Å²) in [5, 5.41) is 4.03. The molecule has 0 bridgehead atoms. The van der Waals surface area contributed by atoms with Crippen LogP contribution in [0.1, 0.15) is 18.9 Å². The van der Waals surface area contributed by atoms with E-state index < -0.39 is 0 Å². The minimum absolute atomic E-state index is 0.147. The van der Waals surface area contributed by atoms with Crippen molar-refractivity contribution in [1.29, 1.82) is 0 Å². The molecule has 1 fully saturated rings. The van der Waals surface area contributed by atoms with Gasteiger partial charge in [0.1, 0.15) is 5.82 Å². The molecule has 0 saturated carbocycles. The molecule has 1 saturated heterocycles. The molecule has 0 radical (unpaired) electrons. The monoisotopic (exact) mass is 442 g/mol. The third-order valence-corrected chi connectivity index (χ3v) is 5.62. The average molecular weight is 443 g/mol. The van der Waals surface area contributed by atoms with Crippen molar-refractivity contribution in [2.45, 2.75) is 19.9 Å². The molecule has 2 aromatic rings. The van der Waals surface area contributed by atoms with E-state index in [0.29, 0.717) is 32.6 Å². The van der Waals surface area contributed by atoms with Gasteiger partial charge in [0.25, 0.3) is 0 Å². The summed E-state index contributed by atoms with van der Waals surface area (Å²) >= 11 is 6.29. The average Bonchev–Trinajstić information content (AvgIpc) is 2.80. The Labute approximate surface area is 189 Å². The van der Waals surface area contributed by atoms with E-state index in [2.05, 4.69) is 20.2 Å². The smallest absolute Gasteiger partial charge is 0.224 e. The van der Waals surface area contributed by atoms with Gasteiger partial charge in [-0.15, -0.1) is 0 Å². The molecule has 0 unspecified atom stereocenters. The topological polar surface area (TPSA) is 64.1 Å². The predicted molar refractivity (Wildman–Crippen MR) is 127 cm³/mol. The van der Waals surface area contributed by atoms with Gasteiger partial charge in [0.05, 0.1) is 6.54 Å². The maximum absolute atomic E-state index is 12.7. The van der Waals surface area contributed by atoms with Crippen molar-refractivity contribution in [3.05, 3.63) is 59.2 Å². The summed E-state index contributed by atoms with van der Waals surface area (Å²) in [7, 11) is 1.98. The third kappa shape index (κ3) is 6.59. The van der Waals surface area contributed by atoms with Gasteiger partial charge in [0.2, 0.25) is 5.91 Å². The van der Waals surface area contributed by atoms with Gasteiger partial charge in [0, 0.05) is 64.0 Å². The van der Waals surface area contributed by atoms with E-state index in [0.717, 1.165) is 42.0 Å². The van der Waals surface area contributed by atoms with Crippen LogP contribution in [0.4, 0.5) is 5.82 Å². The van der Waals surface area contributed by atoms with Crippen molar-refractivity contribution >= 4 is 29.3 Å². The second-order valence-electron chi connectivity index (χ2n) is 7.49. The van der Waals surface area contributed by atoms with Gasteiger partial charge in [-0.2, -0.15) is 0 Å². The van der Waals surface area contributed by atoms with E-state index in [1.807, 2.05) is 66.2 Å². The lowest BCUT2D eigenvalue weighted by Gasteiger charge is -2.35. The Bertz CT molecular complexity index is 867. The molecular weight excluding hydrogens is 412 g/mol. The second-order valence-corrected chi connectivity index (χ2v) is 7.90. The zero-order valence-corrected chi connectivity index (χ0v) is 19.1. The molecule has 31 heavy (non-hydrogen) atoms. The van der Waals surface area contributed by atoms with Crippen LogP contribution in [0.5, 0.6) is 0 Å². The first-order valence-corrected chi connectivity index (χ1v) is 11.1. The fraction of sp³-hybridized carbons (Fsp3) is 0.435. The molecule has 2 heterocycles. The van der Waals surface area contributed by atoms with Crippen LogP contribution in [0, 0.1) is 0 Å². The van der Waals surface area contributed by atoms with Crippen LogP contribution in [0.2, 0.25) is 5.02 Å². The molecule has 1 aliphatic rings. The largest absolute Gasteiger partial charge is 0.357 e. The molecule has 1 N–H and O–H groups in total. The van der Waals surface area contributed by atoms with E-state index in [4.69, 9.17) is 11.6 Å². The van der Waals surface area contributed by atoms with Gasteiger partial charge in [0.15, 0.2) is 5.96 Å². The van der Waals surface area contributed by atoms with Gasteiger partial charge in [-0.05, 0) is 30.7 Å². The number of nitrogens with one attached hydrogen (secondary N) is 1. The molecule has 3 rings (SSSR count). The fourth-order valence-corrected chi connectivity index (χ4v) is 3.76. The number of halogens is 1. The van der Waals surface area contributed by atoms with Crippen LogP contribution in [0.15, 0.2) is 53.7 Å². The highest BCUT2D eigenvalue weighted by atomic mass is 35.5. The summed E-state index contributed by atoms with van der Waals surface area (Å²) in [6, 6.07) is 13.7. The summed E-state index contributed by atoms with van der Waals surface area (Å²) < 4.78 is 0. The molecule has 8 heteroatoms. The summed E-state index contributed by atoms with van der Waals surface area (Å²) in [6.07, 6.45) is 2.20. The number of piperazine rings is 1. The fourth-order valence-electron chi connectivity index (χ4n) is 3.57. The highest BCUT2D eigenvalue weighted by Gasteiger charge is 2.21. The zero-order chi connectivity index (χ0) is 22.1. The van der Waals surface area contributed by atoms with Crippen molar-refractivity contribution < 1.29 is 4.79 Å². The lowest BCUT2D eigenvalue weighted by molar-refractivity contribution is -0.131. The Hall–Kier alpha value is -2.80. The van der Waals surface area contributed by atoms with Crippen LogP contribution in [-0.2, 0) is 11.3 Å². The number of anilines is 1. The Morgan fingerprint density at radius 3 is 2.58 bits per heavy atom. The first-order chi connectivity index (χ1) is 15.1. The van der Waals surface area contributed by atoms with Crippen LogP contribution >= 0.6 is 11.6 Å². The first-order valence-electron chi connectivity index (χ1n) is 10.7. The van der Waals surface area contributed by atoms with Crippen molar-refractivity contribution in [2.75, 3.05) is 51.2 Å². The Morgan fingerprint density at radius 2 is 1.90 bits per heavy atom. The van der Waals surface area contributed by atoms with Gasteiger partial charge >= 0.3 is 0 Å². The zero-order valence-electron chi connectivity index (χ0n) is 18.3. The van der Waals surface area contributed by atoms with Crippen LogP contribution in [0.3, 0.4) is 0 Å². The molecule has 1 aliphatic heterocycles. The van der Waals surface area contributed by atoms with Crippen molar-refractivity contribution in [3.63, 3.8) is 0 Å². The van der Waals surface area contributed by atoms with Gasteiger partial charge in [-0.25, -0.2) is 4.98 Å². The van der Waals surface area contributed by atoms with Gasteiger partial charge in [-0.3, -0.25) is 9.79 Å². The highest BCUT2D eigenvalue weighted by Crippen LogP contribution is 2.16. The predicted octanol–water partition coefficient (Wildman–Crippen LogP) is 2.87. The minimum Gasteiger partial charge on any atom is -0.357 e. The number of aromatic nitrogens is 1. The molecule has 1 amide bonds. The van der Waals surface area contributed by atoms with Crippen molar-refractivity contribution in [1.82, 2.24) is 20.1 Å². The summed E-state index contributed by atoms with van der Waals surface area (Å²) in [4.78, 5) is 27.9. The molecule has 7 nitrogen and oxygen atoms in total. The lowest BCUT2D eigenvalue weighted by Crippen LogP contribution is -2.49. The summed E-state index contributed by atoms with van der Waals surface area (Å²) in [6.45, 7) is 6.92. The maximum atomic E-state index is 12.7. The number of hydrogen-bond donors (Lipinski definition) is 1. The normalized spacial score (nSPS) is 14.5. The SMILES string of the molecule is CCNC(=NCCC(=O)N1CCN(c2ccccn2)CC1)N(C)Cc1ccccc1Cl. The first kappa shape index (κ1) is 22.9. The molecule has 1 aromatic heterocycles. The molecule has 1 aromatic carbocycles. The lowest BCUT2D eigenvalue weighted by atomic mass is 10.2. The number of amides is 1. The highest BCUT2D eigenvalue weighted by molar-refractivity contribution is 6.31. The van der Waals surface area contributed by atoms with E-state index in [1.54, 1.807) is 6.20 Å². The van der Waals surface area contributed by atoms with Crippen LogP contribution < -0.4 is 10.2 Å². The van der Waals surface area contributed by atoms with E-state index in [9.17, 15) is 4.79 Å². The van der Waals surface area contributed by atoms with E-state index in [1.165, 1.54) is 0 Å². The number of aliphatic imine (C=N–C) groups is 1. The standard InChI is InChI=1S/C23H31ClN6O/c1-3-25-23(28(2)18-19-8-4-5-9-20(19)24)27-13-11-22(31)30-16-14-29(15-17-30)21-10-6-7-12-26-21/h4-10,12H,3,11,13-18H2,1-2H3,(H,25,27). The van der Waals surface area contributed by atoms with Gasteiger partial charge in [-0.1, -0.05) is 35.9 Å². The quantitative estimate of drug-likeness (QED) is 0.527. The number of nitrogens with zero attached hydrogens (tertiary/aromatic N) is 5. The maximum Gasteiger partial charge on any atom is 0.224 e. The Morgan fingerprint density at radius 1 is 1.16 bits per heavy atom. The van der Waals surface area contributed by atoms with Gasteiger partial charge < -0.3 is 20.0 Å². The number of benzene rings is 1. The van der Waals surface area contributed by atoms with Crippen molar-refractivity contribution in [3.8, 4) is 0 Å². The van der Waals surface area contributed by atoms with E-state index >= 15 is 0 Å².